The quantitative estimate of drug-likeness (QED) is 0.175. The Balaban J connectivity index is 2.70. The molecule has 92 valence electrons. The van der Waals surface area contributed by atoms with Crippen molar-refractivity contribution in [1.29, 1.82) is 0 Å². The van der Waals surface area contributed by atoms with Gasteiger partial charge in [0.05, 0.1) is 11.5 Å². The minimum Gasteiger partial charge on any atom is -0.399 e. The molecule has 1 aromatic carbocycles. The third-order valence-corrected chi connectivity index (χ3v) is 2.07. The van der Waals surface area contributed by atoms with Gasteiger partial charge in [-0.1, -0.05) is 0 Å². The minimum absolute atomic E-state index is 0.0158. The molecule has 0 aliphatic rings. The van der Waals surface area contributed by atoms with E-state index in [0.29, 0.717) is 11.3 Å². The van der Waals surface area contributed by atoms with Crippen molar-refractivity contribution in [3.63, 3.8) is 0 Å². The lowest BCUT2D eigenvalue weighted by Crippen LogP contribution is -2.37. The van der Waals surface area contributed by atoms with Crippen molar-refractivity contribution in [2.45, 2.75) is 6.54 Å². The lowest BCUT2D eigenvalue weighted by atomic mass is 10.1. The first kappa shape index (κ1) is 12.9. The van der Waals surface area contributed by atoms with Gasteiger partial charge >= 0.3 is 0 Å². The molecule has 0 atom stereocenters. The molecule has 0 heterocycles. The second kappa shape index (κ2) is 5.77. The molecule has 1 rings (SSSR count). The van der Waals surface area contributed by atoms with Gasteiger partial charge in [-0.3, -0.25) is 20.3 Å². The molecule has 0 unspecified atom stereocenters. The van der Waals surface area contributed by atoms with E-state index >= 15 is 0 Å². The summed E-state index contributed by atoms with van der Waals surface area (Å²) < 4.78 is 0. The number of rotatable bonds is 5. The van der Waals surface area contributed by atoms with Gasteiger partial charge in [-0.05, 0) is 12.1 Å². The molecule has 0 aliphatic heterocycles. The highest BCUT2D eigenvalue weighted by molar-refractivity contribution is 5.77. The van der Waals surface area contributed by atoms with Gasteiger partial charge in [0.15, 0.2) is 0 Å². The summed E-state index contributed by atoms with van der Waals surface area (Å²) in [5.74, 6) is 4.49. The first-order chi connectivity index (χ1) is 8.04. The number of carbonyl (C=O) groups is 1. The zero-order chi connectivity index (χ0) is 12.8. The number of nitrogen functional groups attached to an aromatic ring is 1. The van der Waals surface area contributed by atoms with Crippen LogP contribution < -0.4 is 22.3 Å². The molecule has 1 amide bonds. The van der Waals surface area contributed by atoms with E-state index in [0.717, 1.165) is 0 Å². The molecule has 6 N–H and O–H groups in total. The highest BCUT2D eigenvalue weighted by Gasteiger charge is 2.13. The van der Waals surface area contributed by atoms with Gasteiger partial charge in [-0.15, -0.1) is 0 Å². The Morgan fingerprint density at radius 1 is 1.47 bits per heavy atom. The Morgan fingerprint density at radius 3 is 2.76 bits per heavy atom. The van der Waals surface area contributed by atoms with E-state index in [1.165, 1.54) is 6.07 Å². The number of carbonyl (C=O) groups excluding carboxylic acids is 1. The molecule has 0 aromatic heterocycles. The summed E-state index contributed by atoms with van der Waals surface area (Å²) in [4.78, 5) is 21.1. The molecule has 0 radical (unpaired) electrons. The average molecular weight is 239 g/mol. The second-order valence-corrected chi connectivity index (χ2v) is 3.32. The fourth-order valence-electron chi connectivity index (χ4n) is 1.26. The van der Waals surface area contributed by atoms with Gasteiger partial charge in [0.25, 0.3) is 5.69 Å². The summed E-state index contributed by atoms with van der Waals surface area (Å²) in [6.07, 6.45) is 0. The van der Waals surface area contributed by atoms with Crippen LogP contribution in [0.5, 0.6) is 0 Å². The largest absolute Gasteiger partial charge is 0.399 e. The zero-order valence-corrected chi connectivity index (χ0v) is 8.97. The number of amides is 1. The molecule has 8 nitrogen and oxygen atoms in total. The van der Waals surface area contributed by atoms with Crippen LogP contribution in [0.3, 0.4) is 0 Å². The van der Waals surface area contributed by atoms with Gasteiger partial charge in [0.2, 0.25) is 5.91 Å². The number of nitrogens with zero attached hydrogens (tertiary/aromatic N) is 1. The van der Waals surface area contributed by atoms with Crippen molar-refractivity contribution >= 4 is 17.3 Å². The highest BCUT2D eigenvalue weighted by atomic mass is 16.6. The summed E-state index contributed by atoms with van der Waals surface area (Å²) >= 11 is 0. The molecule has 1 aromatic rings. The Morgan fingerprint density at radius 2 is 2.18 bits per heavy atom. The Kier molecular flexibility index (Phi) is 4.37. The SMILES string of the molecule is NNC(=O)CNCc1ccc(N)cc1[N+](=O)[O-]. The second-order valence-electron chi connectivity index (χ2n) is 3.32. The lowest BCUT2D eigenvalue weighted by Gasteiger charge is -2.05. The van der Waals surface area contributed by atoms with E-state index in [1.807, 2.05) is 5.43 Å². The first-order valence-electron chi connectivity index (χ1n) is 4.77. The smallest absolute Gasteiger partial charge is 0.275 e. The minimum atomic E-state index is -0.517. The summed E-state index contributed by atoms with van der Waals surface area (Å²) in [5, 5.41) is 13.5. The maximum atomic E-state index is 10.8. The van der Waals surface area contributed by atoms with E-state index in [4.69, 9.17) is 11.6 Å². The van der Waals surface area contributed by atoms with Crippen molar-refractivity contribution < 1.29 is 9.72 Å². The van der Waals surface area contributed by atoms with Crippen LogP contribution in [0.15, 0.2) is 18.2 Å². The number of nitro groups is 1. The molecular formula is C9H13N5O3. The Bertz CT molecular complexity index is 435. The first-order valence-corrected chi connectivity index (χ1v) is 4.77. The number of hydrogen-bond acceptors (Lipinski definition) is 6. The number of hydrogen-bond donors (Lipinski definition) is 4. The Labute approximate surface area is 97.1 Å². The van der Waals surface area contributed by atoms with Crippen molar-refractivity contribution in [1.82, 2.24) is 10.7 Å². The summed E-state index contributed by atoms with van der Waals surface area (Å²) in [6.45, 7) is 0.169. The number of hydrazine groups is 1. The van der Waals surface area contributed by atoms with Crippen molar-refractivity contribution in [2.24, 2.45) is 5.84 Å². The molecule has 0 saturated carbocycles. The van der Waals surface area contributed by atoms with Crippen LogP contribution >= 0.6 is 0 Å². The van der Waals surface area contributed by atoms with E-state index in [-0.39, 0.29) is 18.8 Å². The molecule has 0 aliphatic carbocycles. The van der Waals surface area contributed by atoms with E-state index in [9.17, 15) is 14.9 Å². The van der Waals surface area contributed by atoms with Crippen LogP contribution in [0, 0.1) is 10.1 Å². The van der Waals surface area contributed by atoms with E-state index in [2.05, 4.69) is 5.32 Å². The predicted molar refractivity (Wildman–Crippen MR) is 61.5 cm³/mol. The van der Waals surface area contributed by atoms with Crippen LogP contribution in [0.25, 0.3) is 0 Å². The van der Waals surface area contributed by atoms with Crippen molar-refractivity contribution in [3.8, 4) is 0 Å². The fraction of sp³-hybridized carbons (Fsp3) is 0.222. The van der Waals surface area contributed by atoms with Crippen molar-refractivity contribution in [2.75, 3.05) is 12.3 Å². The summed E-state index contributed by atoms with van der Waals surface area (Å²) in [6, 6.07) is 4.38. The molecule has 0 spiro atoms. The predicted octanol–water partition coefficient (Wildman–Crippen LogP) is -0.743. The lowest BCUT2D eigenvalue weighted by molar-refractivity contribution is -0.385. The highest BCUT2D eigenvalue weighted by Crippen LogP contribution is 2.21. The standard InChI is InChI=1S/C9H13N5O3/c10-7-2-1-6(8(3-7)14(16)17)4-12-5-9(15)13-11/h1-3,12H,4-5,10-11H2,(H,13,15). The molecule has 0 fully saturated rings. The number of benzene rings is 1. The maximum Gasteiger partial charge on any atom is 0.275 e. The van der Waals surface area contributed by atoms with Gasteiger partial charge in [0.1, 0.15) is 0 Å². The van der Waals surface area contributed by atoms with E-state index in [1.54, 1.807) is 12.1 Å². The van der Waals surface area contributed by atoms with Gasteiger partial charge in [-0.2, -0.15) is 0 Å². The number of nitrogens with one attached hydrogen (secondary N) is 2. The van der Waals surface area contributed by atoms with Gasteiger partial charge < -0.3 is 11.1 Å². The third kappa shape index (κ3) is 3.70. The van der Waals surface area contributed by atoms with Crippen LogP contribution in [0.2, 0.25) is 0 Å². The summed E-state index contributed by atoms with van der Waals surface area (Å²) in [5.41, 5.74) is 8.09. The van der Waals surface area contributed by atoms with E-state index < -0.39 is 10.8 Å². The molecular weight excluding hydrogens is 226 g/mol. The van der Waals surface area contributed by atoms with Gasteiger partial charge in [0, 0.05) is 23.9 Å². The fourth-order valence-corrected chi connectivity index (χ4v) is 1.26. The van der Waals surface area contributed by atoms with Crippen LogP contribution in [-0.4, -0.2) is 17.4 Å². The van der Waals surface area contributed by atoms with Gasteiger partial charge in [-0.25, -0.2) is 5.84 Å². The molecule has 17 heavy (non-hydrogen) atoms. The number of nitro benzene ring substituents is 1. The zero-order valence-electron chi connectivity index (χ0n) is 8.97. The molecule has 8 heteroatoms. The normalized spacial score (nSPS) is 9.94. The average Bonchev–Trinajstić information content (AvgIpc) is 2.30. The monoisotopic (exact) mass is 239 g/mol. The number of anilines is 1. The maximum absolute atomic E-state index is 10.8. The topological polar surface area (TPSA) is 136 Å². The molecule has 0 bridgehead atoms. The van der Waals surface area contributed by atoms with Crippen LogP contribution in [0.1, 0.15) is 5.56 Å². The summed E-state index contributed by atoms with van der Waals surface area (Å²) in [7, 11) is 0. The number of nitrogens with two attached hydrogens (primary N) is 2. The van der Waals surface area contributed by atoms with Crippen LogP contribution in [-0.2, 0) is 11.3 Å². The van der Waals surface area contributed by atoms with Crippen LogP contribution in [0.4, 0.5) is 11.4 Å². The molecule has 0 saturated heterocycles. The Hall–Kier alpha value is -2.19. The van der Waals surface area contributed by atoms with Crippen molar-refractivity contribution in [3.05, 3.63) is 33.9 Å². The third-order valence-electron chi connectivity index (χ3n) is 2.07.